The van der Waals surface area contributed by atoms with E-state index in [-0.39, 0.29) is 23.3 Å². The fraction of sp³-hybridized carbons (Fsp3) is 0.476. The SMILES string of the molecule is CCCS(=O)(=O)Nc1ccc(N(C)C)c(CN(CC(C)C)C(=O)c2ccco2)c1. The summed E-state index contributed by atoms with van der Waals surface area (Å²) in [4.78, 5) is 16.6. The van der Waals surface area contributed by atoms with Crippen LogP contribution in [0.3, 0.4) is 0 Å². The third-order valence-electron chi connectivity index (χ3n) is 4.27. The Labute approximate surface area is 173 Å². The van der Waals surface area contributed by atoms with Crippen molar-refractivity contribution >= 4 is 27.3 Å². The van der Waals surface area contributed by atoms with Crippen LogP contribution in [0.25, 0.3) is 0 Å². The van der Waals surface area contributed by atoms with Gasteiger partial charge in [0.2, 0.25) is 10.0 Å². The molecule has 1 aromatic heterocycles. The van der Waals surface area contributed by atoms with Gasteiger partial charge in [0.1, 0.15) is 0 Å². The highest BCUT2D eigenvalue weighted by Gasteiger charge is 2.22. The molecule has 0 aliphatic rings. The fourth-order valence-corrected chi connectivity index (χ4v) is 4.26. The van der Waals surface area contributed by atoms with E-state index in [1.54, 1.807) is 29.2 Å². The van der Waals surface area contributed by atoms with Gasteiger partial charge in [-0.05, 0) is 48.2 Å². The van der Waals surface area contributed by atoms with E-state index in [0.717, 1.165) is 11.3 Å². The summed E-state index contributed by atoms with van der Waals surface area (Å²) in [5, 5.41) is 0. The molecule has 0 saturated heterocycles. The predicted molar refractivity (Wildman–Crippen MR) is 117 cm³/mol. The minimum Gasteiger partial charge on any atom is -0.459 e. The number of rotatable bonds is 10. The quantitative estimate of drug-likeness (QED) is 0.631. The summed E-state index contributed by atoms with van der Waals surface area (Å²) in [6.07, 6.45) is 2.02. The molecule has 2 aromatic rings. The van der Waals surface area contributed by atoms with Crippen molar-refractivity contribution in [3.8, 4) is 0 Å². The molecule has 0 atom stereocenters. The van der Waals surface area contributed by atoms with Crippen LogP contribution in [0.15, 0.2) is 41.0 Å². The largest absolute Gasteiger partial charge is 0.459 e. The molecule has 1 N–H and O–H groups in total. The minimum absolute atomic E-state index is 0.0637. The second kappa shape index (κ2) is 9.82. The highest BCUT2D eigenvalue weighted by molar-refractivity contribution is 7.92. The average molecular weight is 422 g/mol. The number of benzene rings is 1. The zero-order chi connectivity index (χ0) is 21.6. The van der Waals surface area contributed by atoms with E-state index in [2.05, 4.69) is 4.72 Å². The highest BCUT2D eigenvalue weighted by atomic mass is 32.2. The fourth-order valence-electron chi connectivity index (χ4n) is 3.13. The number of nitrogens with zero attached hydrogens (tertiary/aromatic N) is 2. The van der Waals surface area contributed by atoms with Gasteiger partial charge in [-0.2, -0.15) is 0 Å². The van der Waals surface area contributed by atoms with Gasteiger partial charge in [0, 0.05) is 38.6 Å². The predicted octanol–water partition coefficient (Wildman–Crippen LogP) is 3.80. The Morgan fingerprint density at radius 2 is 1.93 bits per heavy atom. The van der Waals surface area contributed by atoms with E-state index in [4.69, 9.17) is 4.42 Å². The van der Waals surface area contributed by atoms with E-state index in [9.17, 15) is 13.2 Å². The highest BCUT2D eigenvalue weighted by Crippen LogP contribution is 2.26. The molecule has 0 bridgehead atoms. The summed E-state index contributed by atoms with van der Waals surface area (Å²) in [6, 6.07) is 8.75. The van der Waals surface area contributed by atoms with Gasteiger partial charge in [0.05, 0.1) is 12.0 Å². The molecule has 1 amide bonds. The molecular formula is C21H31N3O4S. The zero-order valence-corrected chi connectivity index (χ0v) is 18.6. The Hall–Kier alpha value is -2.48. The molecule has 8 heteroatoms. The van der Waals surface area contributed by atoms with Crippen LogP contribution < -0.4 is 9.62 Å². The number of hydrogen-bond donors (Lipinski definition) is 1. The van der Waals surface area contributed by atoms with Crippen molar-refractivity contribution in [2.75, 3.05) is 36.0 Å². The van der Waals surface area contributed by atoms with Crippen LogP contribution in [0.1, 0.15) is 43.3 Å². The molecule has 7 nitrogen and oxygen atoms in total. The van der Waals surface area contributed by atoms with E-state index in [1.165, 1.54) is 6.26 Å². The topological polar surface area (TPSA) is 82.9 Å². The van der Waals surface area contributed by atoms with Gasteiger partial charge in [0.25, 0.3) is 5.91 Å². The van der Waals surface area contributed by atoms with Crippen molar-refractivity contribution in [1.29, 1.82) is 0 Å². The van der Waals surface area contributed by atoms with Crippen molar-refractivity contribution in [3.63, 3.8) is 0 Å². The van der Waals surface area contributed by atoms with Crippen molar-refractivity contribution in [3.05, 3.63) is 47.9 Å². The van der Waals surface area contributed by atoms with Gasteiger partial charge in [-0.15, -0.1) is 0 Å². The smallest absolute Gasteiger partial charge is 0.289 e. The number of anilines is 2. The molecule has 2 rings (SSSR count). The molecule has 0 saturated carbocycles. The first kappa shape index (κ1) is 22.8. The molecule has 0 aliphatic carbocycles. The van der Waals surface area contributed by atoms with E-state index in [0.29, 0.717) is 25.2 Å². The monoisotopic (exact) mass is 421 g/mol. The second-order valence-electron chi connectivity index (χ2n) is 7.72. The number of carbonyl (C=O) groups excluding carboxylic acids is 1. The first-order valence-corrected chi connectivity index (χ1v) is 11.4. The minimum atomic E-state index is -3.39. The maximum Gasteiger partial charge on any atom is 0.289 e. The molecule has 1 heterocycles. The van der Waals surface area contributed by atoms with Crippen molar-refractivity contribution in [1.82, 2.24) is 4.90 Å². The van der Waals surface area contributed by atoms with Gasteiger partial charge in [-0.25, -0.2) is 8.42 Å². The third kappa shape index (κ3) is 6.52. The lowest BCUT2D eigenvalue weighted by Crippen LogP contribution is -2.34. The molecule has 1 aromatic carbocycles. The summed E-state index contributed by atoms with van der Waals surface area (Å²) in [5.74, 6) is 0.430. The van der Waals surface area contributed by atoms with Crippen LogP contribution in [0.5, 0.6) is 0 Å². The molecule has 0 radical (unpaired) electrons. The maximum atomic E-state index is 12.9. The molecule has 160 valence electrons. The van der Waals surface area contributed by atoms with E-state index < -0.39 is 10.0 Å². The number of furan rings is 1. The normalized spacial score (nSPS) is 11.5. The standard InChI is InChI=1S/C21H31N3O4S/c1-6-12-29(26,27)22-18-9-10-19(23(4)5)17(13-18)15-24(14-16(2)3)21(25)20-8-7-11-28-20/h7-11,13,16,22H,6,12,14-15H2,1-5H3. The van der Waals surface area contributed by atoms with E-state index in [1.807, 2.05) is 45.8 Å². The maximum absolute atomic E-state index is 12.9. The first-order valence-electron chi connectivity index (χ1n) is 9.76. The molecule has 0 unspecified atom stereocenters. The third-order valence-corrected chi connectivity index (χ3v) is 5.77. The van der Waals surface area contributed by atoms with Crippen LogP contribution in [-0.4, -0.2) is 45.6 Å². The number of carbonyl (C=O) groups is 1. The van der Waals surface area contributed by atoms with Gasteiger partial charge in [-0.3, -0.25) is 9.52 Å². The van der Waals surface area contributed by atoms with E-state index >= 15 is 0 Å². The van der Waals surface area contributed by atoms with Crippen LogP contribution >= 0.6 is 0 Å². The molecule has 29 heavy (non-hydrogen) atoms. The lowest BCUT2D eigenvalue weighted by Gasteiger charge is -2.27. The number of hydrogen-bond acceptors (Lipinski definition) is 5. The lowest BCUT2D eigenvalue weighted by molar-refractivity contribution is 0.0690. The molecule has 0 fully saturated rings. The summed E-state index contributed by atoms with van der Waals surface area (Å²) in [7, 11) is 0.442. The summed E-state index contributed by atoms with van der Waals surface area (Å²) < 4.78 is 32.3. The van der Waals surface area contributed by atoms with Gasteiger partial charge < -0.3 is 14.2 Å². The average Bonchev–Trinajstić information content (AvgIpc) is 3.14. The van der Waals surface area contributed by atoms with Crippen molar-refractivity contribution in [2.45, 2.75) is 33.7 Å². The first-order chi connectivity index (χ1) is 13.6. The summed E-state index contributed by atoms with van der Waals surface area (Å²) in [5.41, 5.74) is 2.27. The van der Waals surface area contributed by atoms with Gasteiger partial charge >= 0.3 is 0 Å². The van der Waals surface area contributed by atoms with Crippen LogP contribution in [-0.2, 0) is 16.6 Å². The Balaban J connectivity index is 2.37. The lowest BCUT2D eigenvalue weighted by atomic mass is 10.1. The Kier molecular flexibility index (Phi) is 7.73. The molecule has 0 spiro atoms. The van der Waals surface area contributed by atoms with Crippen LogP contribution in [0, 0.1) is 5.92 Å². The molecule has 0 aliphatic heterocycles. The summed E-state index contributed by atoms with van der Waals surface area (Å²) in [6.45, 7) is 6.81. The Bertz CT molecular complexity index is 906. The van der Waals surface area contributed by atoms with Gasteiger partial charge in [0.15, 0.2) is 5.76 Å². The Morgan fingerprint density at radius 3 is 2.48 bits per heavy atom. The molecular weight excluding hydrogens is 390 g/mol. The zero-order valence-electron chi connectivity index (χ0n) is 17.8. The Morgan fingerprint density at radius 1 is 1.21 bits per heavy atom. The van der Waals surface area contributed by atoms with Crippen LogP contribution in [0.4, 0.5) is 11.4 Å². The van der Waals surface area contributed by atoms with Crippen molar-refractivity contribution < 1.29 is 17.6 Å². The number of sulfonamides is 1. The number of nitrogens with one attached hydrogen (secondary N) is 1. The van der Waals surface area contributed by atoms with Gasteiger partial charge in [-0.1, -0.05) is 20.8 Å². The second-order valence-corrected chi connectivity index (χ2v) is 9.56. The number of amides is 1. The van der Waals surface area contributed by atoms with Crippen LogP contribution in [0.2, 0.25) is 0 Å². The summed E-state index contributed by atoms with van der Waals surface area (Å²) >= 11 is 0. The van der Waals surface area contributed by atoms with Crippen molar-refractivity contribution in [2.24, 2.45) is 5.92 Å².